The molecule has 3 fully saturated rings. The molecule has 3 aliphatic rings. The summed E-state index contributed by atoms with van der Waals surface area (Å²) in [4.78, 5) is 36.3. The van der Waals surface area contributed by atoms with E-state index in [-0.39, 0.29) is 11.8 Å². The first-order chi connectivity index (χ1) is 17.7. The van der Waals surface area contributed by atoms with Gasteiger partial charge in [0.2, 0.25) is 11.8 Å². The van der Waals surface area contributed by atoms with Gasteiger partial charge < -0.3 is 15.2 Å². The number of aryl methyl sites for hydroxylation is 2. The Kier molecular flexibility index (Phi) is 6.19. The third kappa shape index (κ3) is 4.40. The fraction of sp³-hybridized carbons (Fsp3) is 0.533. The van der Waals surface area contributed by atoms with E-state index in [2.05, 4.69) is 72.1 Å². The van der Waals surface area contributed by atoms with Crippen molar-refractivity contribution in [3.63, 3.8) is 0 Å². The predicted molar refractivity (Wildman–Crippen MR) is 150 cm³/mol. The fourth-order valence-electron chi connectivity index (χ4n) is 6.79. The molecule has 6 rings (SSSR count). The Morgan fingerprint density at radius 2 is 1.73 bits per heavy atom. The number of nitrogens with zero attached hydrogens (tertiary/aromatic N) is 2. The number of carbonyl (C=O) groups is 2. The normalized spacial score (nSPS) is 22.3. The summed E-state index contributed by atoms with van der Waals surface area (Å²) in [6, 6.07) is 9.86. The molecule has 0 aliphatic carbocycles. The van der Waals surface area contributed by atoms with Crippen molar-refractivity contribution >= 4 is 33.4 Å². The molecule has 1 aromatic carbocycles. The molecule has 2 N–H and O–H groups in total. The van der Waals surface area contributed by atoms with Crippen molar-refractivity contribution in [2.75, 3.05) is 26.2 Å². The second-order valence-corrected chi connectivity index (χ2v) is 12.9. The summed E-state index contributed by atoms with van der Waals surface area (Å²) < 4.78 is 0. The number of H-pyrrole nitrogens is 1. The molecule has 3 saturated heterocycles. The monoisotopic (exact) mass is 518 g/mol. The predicted octanol–water partition coefficient (Wildman–Crippen LogP) is 4.92. The van der Waals surface area contributed by atoms with Gasteiger partial charge in [-0.3, -0.25) is 14.5 Å². The van der Waals surface area contributed by atoms with E-state index in [1.807, 2.05) is 0 Å². The minimum atomic E-state index is -0.544. The molecule has 0 spiro atoms. The molecular weight excluding hydrogens is 480 g/mol. The molecular formula is C30H38N4O2S. The molecule has 37 heavy (non-hydrogen) atoms. The van der Waals surface area contributed by atoms with E-state index >= 15 is 0 Å². The lowest BCUT2D eigenvalue weighted by Crippen LogP contribution is -2.48. The molecule has 0 atom stereocenters. The SMILES string of the molecule is Cc1cc(C)cc(-c2[nH]c3sc(C(C)(C)C(=O)N4C5CCC4CC5)cc3c2CCN2CCNC(=O)C2)c1. The summed E-state index contributed by atoms with van der Waals surface area (Å²) in [5.41, 5.74) is 5.62. The Balaban J connectivity index is 1.36. The summed E-state index contributed by atoms with van der Waals surface area (Å²) in [5.74, 6) is 0.394. The highest BCUT2D eigenvalue weighted by Crippen LogP contribution is 2.44. The molecule has 2 amide bonds. The van der Waals surface area contributed by atoms with Gasteiger partial charge in [-0.1, -0.05) is 17.2 Å². The van der Waals surface area contributed by atoms with Gasteiger partial charge in [-0.15, -0.1) is 11.3 Å². The van der Waals surface area contributed by atoms with Crippen molar-refractivity contribution in [2.24, 2.45) is 0 Å². The number of aromatic amines is 1. The van der Waals surface area contributed by atoms with Crippen molar-refractivity contribution in [1.82, 2.24) is 20.1 Å². The van der Waals surface area contributed by atoms with Gasteiger partial charge in [0, 0.05) is 42.0 Å². The van der Waals surface area contributed by atoms with E-state index in [0.717, 1.165) is 54.9 Å². The number of benzene rings is 1. The fourth-order valence-corrected chi connectivity index (χ4v) is 7.97. The molecule has 3 aromatic rings. The van der Waals surface area contributed by atoms with Crippen LogP contribution >= 0.6 is 11.3 Å². The molecule has 7 heteroatoms. The average molecular weight is 519 g/mol. The molecule has 3 aliphatic heterocycles. The van der Waals surface area contributed by atoms with Crippen LogP contribution in [0.2, 0.25) is 0 Å². The van der Waals surface area contributed by atoms with E-state index in [1.54, 1.807) is 11.3 Å². The molecule has 0 unspecified atom stereocenters. The molecule has 2 aromatic heterocycles. The van der Waals surface area contributed by atoms with Crippen LogP contribution in [0.3, 0.4) is 0 Å². The molecule has 2 bridgehead atoms. The first-order valence-corrected chi connectivity index (χ1v) is 14.6. The zero-order chi connectivity index (χ0) is 25.9. The Labute approximate surface area is 223 Å². The minimum absolute atomic E-state index is 0.106. The average Bonchev–Trinajstić information content (AvgIpc) is 3.62. The van der Waals surface area contributed by atoms with Crippen LogP contribution < -0.4 is 5.32 Å². The lowest BCUT2D eigenvalue weighted by Gasteiger charge is -2.31. The minimum Gasteiger partial charge on any atom is -0.354 e. The zero-order valence-corrected chi connectivity index (χ0v) is 23.3. The number of thiophene rings is 1. The lowest BCUT2D eigenvalue weighted by molar-refractivity contribution is -0.137. The van der Waals surface area contributed by atoms with Crippen molar-refractivity contribution in [2.45, 2.75) is 77.3 Å². The van der Waals surface area contributed by atoms with Gasteiger partial charge in [0.1, 0.15) is 4.83 Å². The maximum absolute atomic E-state index is 13.8. The molecule has 0 saturated carbocycles. The number of piperazine rings is 1. The topological polar surface area (TPSA) is 68.4 Å². The Bertz CT molecular complexity index is 1330. The molecule has 0 radical (unpaired) electrons. The summed E-state index contributed by atoms with van der Waals surface area (Å²) in [5, 5.41) is 4.15. The molecule has 196 valence electrons. The third-order valence-corrected chi connectivity index (χ3v) is 10.1. The number of carbonyl (C=O) groups excluding carboxylic acids is 2. The Morgan fingerprint density at radius 3 is 2.38 bits per heavy atom. The second-order valence-electron chi connectivity index (χ2n) is 11.9. The highest BCUT2D eigenvalue weighted by molar-refractivity contribution is 7.19. The van der Waals surface area contributed by atoms with E-state index in [1.165, 1.54) is 33.3 Å². The van der Waals surface area contributed by atoms with Crippen molar-refractivity contribution in [3.8, 4) is 11.3 Å². The van der Waals surface area contributed by atoms with Gasteiger partial charge in [0.25, 0.3) is 0 Å². The summed E-state index contributed by atoms with van der Waals surface area (Å²) in [6.07, 6.45) is 5.51. The van der Waals surface area contributed by atoms with Crippen LogP contribution in [0.15, 0.2) is 24.3 Å². The summed E-state index contributed by atoms with van der Waals surface area (Å²) in [6.45, 7) is 11.4. The van der Waals surface area contributed by atoms with Crippen LogP contribution in [0, 0.1) is 13.8 Å². The summed E-state index contributed by atoms with van der Waals surface area (Å²) >= 11 is 1.73. The van der Waals surface area contributed by atoms with Crippen LogP contribution in [-0.2, 0) is 21.4 Å². The smallest absolute Gasteiger partial charge is 0.234 e. The van der Waals surface area contributed by atoms with Gasteiger partial charge in [-0.2, -0.15) is 0 Å². The quantitative estimate of drug-likeness (QED) is 0.487. The zero-order valence-electron chi connectivity index (χ0n) is 22.4. The lowest BCUT2D eigenvalue weighted by atomic mass is 9.88. The van der Waals surface area contributed by atoms with Crippen LogP contribution in [0.4, 0.5) is 0 Å². The molecule has 5 heterocycles. The largest absolute Gasteiger partial charge is 0.354 e. The first kappa shape index (κ1) is 24.7. The van der Waals surface area contributed by atoms with Crippen LogP contribution in [0.5, 0.6) is 0 Å². The number of nitrogens with one attached hydrogen (secondary N) is 2. The molecule has 6 nitrogen and oxygen atoms in total. The number of hydrogen-bond acceptors (Lipinski definition) is 4. The van der Waals surface area contributed by atoms with Gasteiger partial charge in [0.05, 0.1) is 17.7 Å². The van der Waals surface area contributed by atoms with Crippen LogP contribution in [0.1, 0.15) is 61.1 Å². The number of hydrogen-bond donors (Lipinski definition) is 2. The maximum Gasteiger partial charge on any atom is 0.234 e. The van der Waals surface area contributed by atoms with Crippen LogP contribution in [0.25, 0.3) is 21.5 Å². The number of amides is 2. The summed E-state index contributed by atoms with van der Waals surface area (Å²) in [7, 11) is 0. The van der Waals surface area contributed by atoms with Crippen molar-refractivity contribution < 1.29 is 9.59 Å². The van der Waals surface area contributed by atoms with Gasteiger partial charge in [0.15, 0.2) is 0 Å². The van der Waals surface area contributed by atoms with Gasteiger partial charge >= 0.3 is 0 Å². The van der Waals surface area contributed by atoms with E-state index < -0.39 is 5.41 Å². The Morgan fingerprint density at radius 1 is 1.05 bits per heavy atom. The van der Waals surface area contributed by atoms with Crippen molar-refractivity contribution in [3.05, 3.63) is 45.8 Å². The van der Waals surface area contributed by atoms with Gasteiger partial charge in [-0.25, -0.2) is 0 Å². The van der Waals surface area contributed by atoms with E-state index in [9.17, 15) is 9.59 Å². The number of rotatable bonds is 6. The standard InChI is InChI=1S/C30H38N4O2S/c1-18-13-19(2)15-20(14-18)27-23(9-11-33-12-10-31-26(35)17-33)24-16-25(37-28(24)32-27)30(3,4)29(36)34-21-5-6-22(34)8-7-21/h13-16,21-22,32H,5-12,17H2,1-4H3,(H,31,35). The van der Waals surface area contributed by atoms with Crippen molar-refractivity contribution in [1.29, 1.82) is 0 Å². The highest BCUT2D eigenvalue weighted by atomic mass is 32.1. The third-order valence-electron chi connectivity index (χ3n) is 8.74. The van der Waals surface area contributed by atoms with E-state index in [0.29, 0.717) is 25.2 Å². The van der Waals surface area contributed by atoms with E-state index in [4.69, 9.17) is 0 Å². The number of fused-ring (bicyclic) bond motifs is 3. The first-order valence-electron chi connectivity index (χ1n) is 13.8. The Hall–Kier alpha value is -2.64. The van der Waals surface area contributed by atoms with Crippen LogP contribution in [-0.4, -0.2) is 64.9 Å². The maximum atomic E-state index is 13.8. The second kappa shape index (κ2) is 9.28. The number of aromatic nitrogens is 1. The van der Waals surface area contributed by atoms with Gasteiger partial charge in [-0.05, 0) is 89.1 Å². The highest BCUT2D eigenvalue weighted by Gasteiger charge is 2.47.